The molecule has 1 unspecified atom stereocenters. The molecule has 0 aliphatic carbocycles. The Morgan fingerprint density at radius 3 is 1.83 bits per heavy atom. The summed E-state index contributed by atoms with van der Waals surface area (Å²) in [5.74, 6) is 0. The van der Waals surface area contributed by atoms with E-state index >= 15 is 0 Å². The average Bonchev–Trinajstić information content (AvgIpc) is 2.66. The SMILES string of the molecule is CC(C)NCCOCCOCCC(C)(OCCOCCOCCN)SSC(C)(C)C. The molecular formula is C21H46N2O5S2. The van der Waals surface area contributed by atoms with Crippen molar-refractivity contribution in [3.8, 4) is 0 Å². The Balaban J connectivity index is 4.02. The highest BCUT2D eigenvalue weighted by Gasteiger charge is 2.29. The Labute approximate surface area is 192 Å². The van der Waals surface area contributed by atoms with Crippen LogP contribution in [-0.2, 0) is 23.7 Å². The van der Waals surface area contributed by atoms with Crippen molar-refractivity contribution in [2.24, 2.45) is 5.73 Å². The summed E-state index contributed by atoms with van der Waals surface area (Å²) < 4.78 is 28.5. The van der Waals surface area contributed by atoms with E-state index in [1.807, 2.05) is 10.8 Å². The van der Waals surface area contributed by atoms with Crippen LogP contribution in [0.4, 0.5) is 0 Å². The number of nitrogens with one attached hydrogen (secondary N) is 1. The summed E-state index contributed by atoms with van der Waals surface area (Å²) in [6.07, 6.45) is 0.801. The topological polar surface area (TPSA) is 84.2 Å². The smallest absolute Gasteiger partial charge is 0.123 e. The maximum atomic E-state index is 6.17. The zero-order valence-electron chi connectivity index (χ0n) is 20.0. The summed E-state index contributed by atoms with van der Waals surface area (Å²) in [6, 6.07) is 0.487. The minimum Gasteiger partial charge on any atom is -0.379 e. The molecule has 0 radical (unpaired) electrons. The molecule has 3 N–H and O–H groups in total. The number of ether oxygens (including phenoxy) is 5. The maximum Gasteiger partial charge on any atom is 0.123 e. The van der Waals surface area contributed by atoms with E-state index in [4.69, 9.17) is 29.4 Å². The molecule has 182 valence electrons. The van der Waals surface area contributed by atoms with Gasteiger partial charge in [-0.25, -0.2) is 0 Å². The first-order valence-electron chi connectivity index (χ1n) is 10.9. The van der Waals surface area contributed by atoms with E-state index in [9.17, 15) is 0 Å². The van der Waals surface area contributed by atoms with E-state index in [-0.39, 0.29) is 9.68 Å². The van der Waals surface area contributed by atoms with Gasteiger partial charge in [0.2, 0.25) is 0 Å². The number of hydrogen-bond acceptors (Lipinski definition) is 9. The second kappa shape index (κ2) is 18.9. The molecule has 0 aromatic rings. The van der Waals surface area contributed by atoms with Crippen LogP contribution in [0.25, 0.3) is 0 Å². The van der Waals surface area contributed by atoms with Gasteiger partial charge in [-0.05, 0) is 6.92 Å². The number of hydrogen-bond donors (Lipinski definition) is 2. The molecule has 30 heavy (non-hydrogen) atoms. The molecule has 0 aromatic heterocycles. The van der Waals surface area contributed by atoms with Gasteiger partial charge in [-0.15, -0.1) is 0 Å². The highest BCUT2D eigenvalue weighted by molar-refractivity contribution is 8.77. The Morgan fingerprint density at radius 2 is 1.27 bits per heavy atom. The van der Waals surface area contributed by atoms with E-state index in [1.54, 1.807) is 10.8 Å². The van der Waals surface area contributed by atoms with Gasteiger partial charge in [-0.2, -0.15) is 0 Å². The maximum absolute atomic E-state index is 6.17. The van der Waals surface area contributed by atoms with E-state index in [2.05, 4.69) is 46.9 Å². The lowest BCUT2D eigenvalue weighted by molar-refractivity contribution is -0.0328. The molecule has 0 aromatic carbocycles. The van der Waals surface area contributed by atoms with Crippen LogP contribution in [0.1, 0.15) is 48.0 Å². The summed E-state index contributed by atoms with van der Waals surface area (Å²) in [6.45, 7) is 19.7. The van der Waals surface area contributed by atoms with Gasteiger partial charge in [-0.3, -0.25) is 0 Å². The van der Waals surface area contributed by atoms with Crippen molar-refractivity contribution in [3.63, 3.8) is 0 Å². The summed E-state index contributed by atoms with van der Waals surface area (Å²) in [7, 11) is 3.59. The third-order valence-corrected chi connectivity index (χ3v) is 7.67. The third kappa shape index (κ3) is 21.6. The van der Waals surface area contributed by atoms with Crippen LogP contribution in [0.3, 0.4) is 0 Å². The van der Waals surface area contributed by atoms with Crippen LogP contribution >= 0.6 is 21.6 Å². The lowest BCUT2D eigenvalue weighted by Crippen LogP contribution is -2.29. The van der Waals surface area contributed by atoms with E-state index in [1.165, 1.54) is 0 Å². The number of nitrogens with two attached hydrogens (primary N) is 1. The Bertz CT molecular complexity index is 387. The normalized spacial score (nSPS) is 14.4. The van der Waals surface area contributed by atoms with Gasteiger partial charge in [0.25, 0.3) is 0 Å². The molecule has 1 atom stereocenters. The van der Waals surface area contributed by atoms with Crippen molar-refractivity contribution in [1.82, 2.24) is 5.32 Å². The van der Waals surface area contributed by atoms with E-state index in [0.29, 0.717) is 72.0 Å². The van der Waals surface area contributed by atoms with Crippen LogP contribution in [0.5, 0.6) is 0 Å². The fourth-order valence-electron chi connectivity index (χ4n) is 2.07. The lowest BCUT2D eigenvalue weighted by Gasteiger charge is -2.31. The van der Waals surface area contributed by atoms with Crippen molar-refractivity contribution in [2.75, 3.05) is 72.6 Å². The van der Waals surface area contributed by atoms with Crippen LogP contribution in [-0.4, -0.2) is 88.3 Å². The molecule has 0 bridgehead atoms. The van der Waals surface area contributed by atoms with Crippen molar-refractivity contribution in [1.29, 1.82) is 0 Å². The standard InChI is InChI=1S/C21H46N2O5S2/c1-19(2)23-9-12-26-15-13-24-10-7-21(6,30-29-20(3,4)5)28-18-17-27-16-14-25-11-8-22/h19,23H,7-18,22H2,1-6H3. The van der Waals surface area contributed by atoms with Gasteiger partial charge in [0, 0.05) is 30.3 Å². The zero-order valence-corrected chi connectivity index (χ0v) is 21.6. The largest absolute Gasteiger partial charge is 0.379 e. The van der Waals surface area contributed by atoms with Crippen molar-refractivity contribution in [2.45, 2.75) is 63.7 Å². The van der Waals surface area contributed by atoms with Crippen LogP contribution < -0.4 is 11.1 Å². The lowest BCUT2D eigenvalue weighted by atomic mass is 10.3. The molecule has 0 saturated carbocycles. The van der Waals surface area contributed by atoms with Gasteiger partial charge in [0.05, 0.1) is 59.5 Å². The molecule has 0 aliphatic heterocycles. The fourth-order valence-corrected chi connectivity index (χ4v) is 4.47. The monoisotopic (exact) mass is 470 g/mol. The summed E-state index contributed by atoms with van der Waals surface area (Å²) in [5.41, 5.74) is 5.38. The molecule has 0 aliphatic rings. The predicted octanol–water partition coefficient (Wildman–Crippen LogP) is 3.31. The van der Waals surface area contributed by atoms with Gasteiger partial charge >= 0.3 is 0 Å². The van der Waals surface area contributed by atoms with E-state index < -0.39 is 0 Å². The molecule has 0 spiro atoms. The van der Waals surface area contributed by atoms with Crippen LogP contribution in [0, 0.1) is 0 Å². The molecule has 0 fully saturated rings. The first-order valence-corrected chi connectivity index (χ1v) is 13.1. The first kappa shape index (κ1) is 30.4. The molecule has 7 nitrogen and oxygen atoms in total. The predicted molar refractivity (Wildman–Crippen MR) is 129 cm³/mol. The van der Waals surface area contributed by atoms with Crippen molar-refractivity contribution >= 4 is 21.6 Å². The van der Waals surface area contributed by atoms with E-state index in [0.717, 1.165) is 13.0 Å². The highest BCUT2D eigenvalue weighted by Crippen LogP contribution is 2.45. The second-order valence-corrected chi connectivity index (χ2v) is 11.8. The van der Waals surface area contributed by atoms with Gasteiger partial charge in [0.15, 0.2) is 0 Å². The molecule has 0 heterocycles. The van der Waals surface area contributed by atoms with Crippen LogP contribution in [0.2, 0.25) is 0 Å². The molecule has 0 rings (SSSR count). The minimum atomic E-state index is -0.334. The van der Waals surface area contributed by atoms with Crippen molar-refractivity contribution in [3.05, 3.63) is 0 Å². The highest BCUT2D eigenvalue weighted by atomic mass is 33.1. The molecule has 9 heteroatoms. The number of rotatable bonds is 21. The van der Waals surface area contributed by atoms with Crippen LogP contribution in [0.15, 0.2) is 0 Å². The Hall–Kier alpha value is 0.420. The molecule has 0 amide bonds. The Morgan fingerprint density at radius 1 is 0.733 bits per heavy atom. The quantitative estimate of drug-likeness (QED) is 0.149. The van der Waals surface area contributed by atoms with Gasteiger partial charge < -0.3 is 34.7 Å². The first-order chi connectivity index (χ1) is 14.2. The fraction of sp³-hybridized carbons (Fsp3) is 1.00. The minimum absolute atomic E-state index is 0.158. The zero-order chi connectivity index (χ0) is 22.7. The summed E-state index contributed by atoms with van der Waals surface area (Å²) >= 11 is 0. The van der Waals surface area contributed by atoms with Crippen molar-refractivity contribution < 1.29 is 23.7 Å². The third-order valence-electron chi connectivity index (χ3n) is 3.61. The van der Waals surface area contributed by atoms with Gasteiger partial charge in [-0.1, -0.05) is 56.2 Å². The Kier molecular flexibility index (Phi) is 19.2. The second-order valence-electron chi connectivity index (χ2n) is 8.36. The molecule has 0 saturated heterocycles. The average molecular weight is 471 g/mol. The molecular weight excluding hydrogens is 424 g/mol. The van der Waals surface area contributed by atoms with Gasteiger partial charge in [0.1, 0.15) is 4.93 Å². The summed E-state index contributed by atoms with van der Waals surface area (Å²) in [4.78, 5) is -0.334. The summed E-state index contributed by atoms with van der Waals surface area (Å²) in [5, 5.41) is 3.33.